The van der Waals surface area contributed by atoms with Gasteiger partial charge in [-0.1, -0.05) is 29.8 Å². The van der Waals surface area contributed by atoms with E-state index in [1.54, 1.807) is 18.2 Å². The van der Waals surface area contributed by atoms with Crippen molar-refractivity contribution < 1.29 is 33.0 Å². The maximum atomic E-state index is 15.3. The van der Waals surface area contributed by atoms with E-state index in [2.05, 4.69) is 5.32 Å². The number of fused-ring (bicyclic) bond motifs is 1. The molecule has 230 valence electrons. The van der Waals surface area contributed by atoms with Gasteiger partial charge in [-0.25, -0.2) is 4.39 Å². The quantitative estimate of drug-likeness (QED) is 0.336. The summed E-state index contributed by atoms with van der Waals surface area (Å²) in [4.78, 5) is 40.0. The lowest BCUT2D eigenvalue weighted by molar-refractivity contribution is -0.148. The number of likely N-dealkylation sites (tertiary alicyclic amines) is 1. The van der Waals surface area contributed by atoms with E-state index in [1.165, 1.54) is 13.2 Å². The van der Waals surface area contributed by atoms with Gasteiger partial charge in [0, 0.05) is 37.8 Å². The Hall–Kier alpha value is -3.47. The van der Waals surface area contributed by atoms with Crippen LogP contribution in [0.15, 0.2) is 42.6 Å². The Morgan fingerprint density at radius 3 is 2.53 bits per heavy atom. The second kappa shape index (κ2) is 13.4. The van der Waals surface area contributed by atoms with Gasteiger partial charge in [-0.15, -0.1) is 0 Å². The number of hydrogen-bond donors (Lipinski definition) is 1. The lowest BCUT2D eigenvalue weighted by Gasteiger charge is -2.29. The molecule has 2 fully saturated rings. The van der Waals surface area contributed by atoms with E-state index in [0.717, 1.165) is 29.8 Å². The molecule has 2 amide bonds. The van der Waals surface area contributed by atoms with Crippen LogP contribution in [0.25, 0.3) is 10.9 Å². The van der Waals surface area contributed by atoms with Gasteiger partial charge in [0.2, 0.25) is 5.91 Å². The molecule has 2 aromatic carbocycles. The normalized spacial score (nSPS) is 22.1. The van der Waals surface area contributed by atoms with Crippen molar-refractivity contribution in [3.8, 4) is 0 Å². The van der Waals surface area contributed by atoms with Gasteiger partial charge in [0.05, 0.1) is 60.6 Å². The third-order valence-electron chi connectivity index (χ3n) is 8.52. The summed E-state index contributed by atoms with van der Waals surface area (Å²) in [7, 11) is 4.83. The molecular weight excluding hydrogens is 577 g/mol. The molecular formula is C32H37ClFN3O6. The zero-order chi connectivity index (χ0) is 30.7. The molecule has 5 rings (SSSR count). The third kappa shape index (κ3) is 6.87. The largest absolute Gasteiger partial charge is 0.469 e. The van der Waals surface area contributed by atoms with Crippen LogP contribution in [-0.4, -0.2) is 72.9 Å². The molecule has 1 N–H and O–H groups in total. The summed E-state index contributed by atoms with van der Waals surface area (Å²) >= 11 is 6.47. The monoisotopic (exact) mass is 613 g/mol. The van der Waals surface area contributed by atoms with Crippen molar-refractivity contribution in [1.29, 1.82) is 0 Å². The highest BCUT2D eigenvalue weighted by Crippen LogP contribution is 2.32. The SMILES string of the molecule is COC[C@@H]1C[C@@H](OC2CCC(C(=O)OC)CC2)CN1C(=O)Cc1cc(Cl)c(NC(=O)c2cn(C)c3ccccc23)cc1F. The molecule has 3 aromatic rings. The van der Waals surface area contributed by atoms with Crippen LogP contribution >= 0.6 is 11.6 Å². The van der Waals surface area contributed by atoms with Crippen LogP contribution < -0.4 is 5.32 Å². The van der Waals surface area contributed by atoms with Crippen LogP contribution in [0.4, 0.5) is 10.1 Å². The van der Waals surface area contributed by atoms with Crippen LogP contribution in [0.2, 0.25) is 5.02 Å². The predicted octanol–water partition coefficient (Wildman–Crippen LogP) is 5.13. The number of amides is 2. The van der Waals surface area contributed by atoms with Crippen molar-refractivity contribution in [2.45, 2.75) is 56.8 Å². The van der Waals surface area contributed by atoms with Gasteiger partial charge in [0.1, 0.15) is 5.82 Å². The van der Waals surface area contributed by atoms with E-state index >= 15 is 4.39 Å². The number of esters is 1. The Morgan fingerprint density at radius 1 is 1.07 bits per heavy atom. The first-order chi connectivity index (χ1) is 20.7. The summed E-state index contributed by atoms with van der Waals surface area (Å²) in [5.74, 6) is -1.57. The average molecular weight is 614 g/mol. The van der Waals surface area contributed by atoms with Crippen molar-refractivity contribution in [2.75, 3.05) is 32.7 Å². The van der Waals surface area contributed by atoms with E-state index in [9.17, 15) is 14.4 Å². The Balaban J connectivity index is 1.22. The molecule has 0 unspecified atom stereocenters. The van der Waals surface area contributed by atoms with Gasteiger partial charge in [0.15, 0.2) is 0 Å². The first-order valence-electron chi connectivity index (χ1n) is 14.5. The zero-order valence-electron chi connectivity index (χ0n) is 24.6. The molecule has 11 heteroatoms. The first kappa shape index (κ1) is 31.0. The Morgan fingerprint density at radius 2 is 1.81 bits per heavy atom. The smallest absolute Gasteiger partial charge is 0.308 e. The van der Waals surface area contributed by atoms with Crippen LogP contribution in [0.3, 0.4) is 0 Å². The maximum Gasteiger partial charge on any atom is 0.308 e. The van der Waals surface area contributed by atoms with Gasteiger partial charge < -0.3 is 29.0 Å². The fourth-order valence-electron chi connectivity index (χ4n) is 6.30. The molecule has 1 aliphatic heterocycles. The van der Waals surface area contributed by atoms with E-state index in [0.29, 0.717) is 38.0 Å². The second-order valence-electron chi connectivity index (χ2n) is 11.4. The highest BCUT2D eigenvalue weighted by molar-refractivity contribution is 6.34. The van der Waals surface area contributed by atoms with E-state index in [1.807, 2.05) is 35.9 Å². The minimum absolute atomic E-state index is 0.0111. The number of aromatic nitrogens is 1. The number of aryl methyl sites for hydroxylation is 1. The number of ether oxygens (including phenoxy) is 3. The topological polar surface area (TPSA) is 99.1 Å². The third-order valence-corrected chi connectivity index (χ3v) is 8.83. The predicted molar refractivity (Wildman–Crippen MR) is 161 cm³/mol. The molecule has 9 nitrogen and oxygen atoms in total. The molecule has 1 aliphatic carbocycles. The Labute approximate surface area is 255 Å². The van der Waals surface area contributed by atoms with Gasteiger partial charge in [-0.3, -0.25) is 14.4 Å². The van der Waals surface area contributed by atoms with Crippen molar-refractivity contribution in [3.63, 3.8) is 0 Å². The zero-order valence-corrected chi connectivity index (χ0v) is 25.4. The van der Waals surface area contributed by atoms with Crippen LogP contribution in [0.5, 0.6) is 0 Å². The number of carbonyl (C=O) groups excluding carboxylic acids is 3. The fourth-order valence-corrected chi connectivity index (χ4v) is 6.53. The minimum Gasteiger partial charge on any atom is -0.469 e. The molecule has 0 radical (unpaired) electrons. The van der Waals surface area contributed by atoms with Crippen molar-refractivity contribution in [3.05, 3.63) is 64.6 Å². The standard InChI is InChI=1S/C32H37ClFN3O6/c1-36-17-25(24-6-4-5-7-29(24)36)31(39)35-28-15-27(34)20(12-26(28)33)13-30(38)37-16-23(14-21(37)18-41-2)43-22-10-8-19(9-11-22)32(40)42-3/h4-7,12,15,17,19,21-23H,8-11,13-14,16,18H2,1-3H3,(H,35,39)/t19?,21-,22?,23+/m0/s1. The summed E-state index contributed by atoms with van der Waals surface area (Å²) in [5, 5.41) is 3.62. The maximum absolute atomic E-state index is 15.3. The molecule has 1 saturated carbocycles. The molecule has 1 aromatic heterocycles. The summed E-state index contributed by atoms with van der Waals surface area (Å²) in [6.45, 7) is 0.710. The highest BCUT2D eigenvalue weighted by atomic mass is 35.5. The number of nitrogens with one attached hydrogen (secondary N) is 1. The van der Waals surface area contributed by atoms with Crippen LogP contribution in [-0.2, 0) is 37.3 Å². The van der Waals surface area contributed by atoms with Crippen molar-refractivity contribution in [2.24, 2.45) is 13.0 Å². The number of nitrogens with zero attached hydrogens (tertiary/aromatic N) is 2. The number of anilines is 1. The fraction of sp³-hybridized carbons (Fsp3) is 0.469. The Bertz CT molecular complexity index is 1500. The summed E-state index contributed by atoms with van der Waals surface area (Å²) in [6.07, 6.45) is 4.91. The lowest BCUT2D eigenvalue weighted by Crippen LogP contribution is -2.39. The number of benzene rings is 2. The number of hydrogen-bond acceptors (Lipinski definition) is 6. The summed E-state index contributed by atoms with van der Waals surface area (Å²) < 4.78 is 33.7. The second-order valence-corrected chi connectivity index (χ2v) is 11.8. The van der Waals surface area contributed by atoms with E-state index in [-0.39, 0.29) is 58.7 Å². The van der Waals surface area contributed by atoms with Gasteiger partial charge in [-0.2, -0.15) is 0 Å². The number of para-hydroxylation sites is 1. The number of carbonyl (C=O) groups is 3. The lowest BCUT2D eigenvalue weighted by atomic mass is 9.87. The van der Waals surface area contributed by atoms with Gasteiger partial charge in [-0.05, 0) is 55.9 Å². The van der Waals surface area contributed by atoms with Crippen molar-refractivity contribution >= 4 is 46.0 Å². The van der Waals surface area contributed by atoms with Crippen LogP contribution in [0.1, 0.15) is 48.0 Å². The van der Waals surface area contributed by atoms with E-state index in [4.69, 9.17) is 25.8 Å². The first-order valence-corrected chi connectivity index (χ1v) is 14.9. The number of rotatable bonds is 9. The minimum atomic E-state index is -0.636. The van der Waals surface area contributed by atoms with Crippen molar-refractivity contribution in [1.82, 2.24) is 9.47 Å². The molecule has 0 bridgehead atoms. The summed E-state index contributed by atoms with van der Waals surface area (Å²) in [6, 6.07) is 9.84. The molecule has 2 heterocycles. The van der Waals surface area contributed by atoms with Gasteiger partial charge in [0.25, 0.3) is 5.91 Å². The molecule has 2 aliphatic rings. The van der Waals surface area contributed by atoms with E-state index < -0.39 is 11.7 Å². The molecule has 43 heavy (non-hydrogen) atoms. The average Bonchev–Trinajstić information content (AvgIpc) is 3.56. The van der Waals surface area contributed by atoms with Gasteiger partial charge >= 0.3 is 5.97 Å². The Kier molecular flexibility index (Phi) is 9.68. The number of methoxy groups -OCH3 is 2. The molecule has 0 spiro atoms. The number of halogens is 2. The van der Waals surface area contributed by atoms with Crippen LogP contribution in [0, 0.1) is 11.7 Å². The molecule has 1 saturated heterocycles. The molecule has 2 atom stereocenters. The summed E-state index contributed by atoms with van der Waals surface area (Å²) in [5.41, 5.74) is 1.60. The highest BCUT2D eigenvalue weighted by Gasteiger charge is 2.38.